The Kier molecular flexibility index (Phi) is 5.10. The van der Waals surface area contributed by atoms with Crippen LogP contribution in [0.5, 0.6) is 0 Å². The molecule has 1 aromatic carbocycles. The van der Waals surface area contributed by atoms with Crippen molar-refractivity contribution in [2.24, 2.45) is 13.0 Å². The molecule has 3 aromatic heterocycles. The molecular weight excluding hydrogens is 431 g/mol. The number of rotatable bonds is 5. The minimum absolute atomic E-state index is 0.0737. The van der Waals surface area contributed by atoms with Gasteiger partial charge in [-0.15, -0.1) is 10.2 Å². The monoisotopic (exact) mass is 455 g/mol. The van der Waals surface area contributed by atoms with E-state index in [2.05, 4.69) is 25.4 Å². The van der Waals surface area contributed by atoms with Gasteiger partial charge in [-0.2, -0.15) is 18.3 Å². The Balaban J connectivity index is 1.63. The fraction of sp³-hybridized carbons (Fsp3) is 0.391. The fourth-order valence-electron chi connectivity index (χ4n) is 4.57. The van der Waals surface area contributed by atoms with Gasteiger partial charge in [0.1, 0.15) is 18.0 Å². The molecule has 0 bridgehead atoms. The Bertz CT molecular complexity index is 1300. The van der Waals surface area contributed by atoms with Gasteiger partial charge in [0.05, 0.1) is 11.3 Å². The Morgan fingerprint density at radius 2 is 1.97 bits per heavy atom. The lowest BCUT2D eigenvalue weighted by Crippen LogP contribution is -2.24. The Morgan fingerprint density at radius 3 is 2.58 bits per heavy atom. The Labute approximate surface area is 188 Å². The van der Waals surface area contributed by atoms with Crippen LogP contribution in [0.4, 0.5) is 19.0 Å². The second kappa shape index (κ2) is 7.86. The lowest BCUT2D eigenvalue weighted by molar-refractivity contribution is -0.137. The highest BCUT2D eigenvalue weighted by atomic mass is 19.4. The van der Waals surface area contributed by atoms with Crippen LogP contribution in [0.3, 0.4) is 0 Å². The number of halogens is 3. The zero-order chi connectivity index (χ0) is 23.3. The highest BCUT2D eigenvalue weighted by Crippen LogP contribution is 2.44. The van der Waals surface area contributed by atoms with Crippen molar-refractivity contribution in [2.45, 2.75) is 31.4 Å². The number of aromatic amines is 1. The summed E-state index contributed by atoms with van der Waals surface area (Å²) in [5.74, 6) is 1.27. The van der Waals surface area contributed by atoms with Crippen molar-refractivity contribution in [1.29, 1.82) is 0 Å². The molecule has 0 spiro atoms. The van der Waals surface area contributed by atoms with E-state index in [0.29, 0.717) is 17.0 Å². The second-order valence-electron chi connectivity index (χ2n) is 8.82. The van der Waals surface area contributed by atoms with Crippen molar-refractivity contribution in [3.05, 3.63) is 53.6 Å². The Morgan fingerprint density at radius 1 is 1.18 bits per heavy atom. The summed E-state index contributed by atoms with van der Waals surface area (Å²) in [7, 11) is 5.00. The number of nitrogens with zero attached hydrogens (tertiary/aromatic N) is 6. The maximum absolute atomic E-state index is 13.8. The van der Waals surface area contributed by atoms with Gasteiger partial charge >= 0.3 is 6.18 Å². The summed E-state index contributed by atoms with van der Waals surface area (Å²) in [4.78, 5) is 5.54. The number of pyridine rings is 1. The number of aryl methyl sites for hydroxylation is 1. The van der Waals surface area contributed by atoms with Gasteiger partial charge in [0, 0.05) is 38.0 Å². The van der Waals surface area contributed by atoms with Crippen LogP contribution >= 0.6 is 0 Å². The molecule has 3 heterocycles. The molecular formula is C23H24F3N7. The van der Waals surface area contributed by atoms with E-state index in [1.54, 1.807) is 6.33 Å². The molecule has 4 aromatic rings. The van der Waals surface area contributed by atoms with Crippen LogP contribution in [0.2, 0.25) is 0 Å². The molecule has 33 heavy (non-hydrogen) atoms. The number of aromatic nitrogens is 6. The average Bonchev–Trinajstić information content (AvgIpc) is 3.34. The van der Waals surface area contributed by atoms with Crippen LogP contribution < -0.4 is 4.90 Å². The first-order valence-electron chi connectivity index (χ1n) is 10.8. The third-order valence-corrected chi connectivity index (χ3v) is 6.43. The molecule has 0 radical (unpaired) electrons. The summed E-state index contributed by atoms with van der Waals surface area (Å²) >= 11 is 0. The van der Waals surface area contributed by atoms with Gasteiger partial charge in [0.25, 0.3) is 0 Å². The Hall–Kier alpha value is -3.43. The molecule has 0 aliphatic heterocycles. The summed E-state index contributed by atoms with van der Waals surface area (Å²) in [6.45, 7) is 0. The number of alkyl halides is 3. The van der Waals surface area contributed by atoms with Crippen molar-refractivity contribution >= 4 is 16.9 Å². The first-order valence-corrected chi connectivity index (χ1v) is 10.8. The van der Waals surface area contributed by atoms with Crippen molar-refractivity contribution in [2.75, 3.05) is 19.0 Å². The van der Waals surface area contributed by atoms with E-state index in [4.69, 9.17) is 0 Å². The minimum Gasteiger partial charge on any atom is -0.362 e. The van der Waals surface area contributed by atoms with E-state index in [1.807, 2.05) is 35.9 Å². The highest BCUT2D eigenvalue weighted by Gasteiger charge is 2.36. The van der Waals surface area contributed by atoms with Crippen LogP contribution in [0, 0.1) is 5.92 Å². The molecule has 0 unspecified atom stereocenters. The van der Waals surface area contributed by atoms with E-state index in [1.165, 1.54) is 25.4 Å². The maximum atomic E-state index is 13.8. The third kappa shape index (κ3) is 3.73. The van der Waals surface area contributed by atoms with Crippen LogP contribution in [0.15, 0.2) is 36.7 Å². The average molecular weight is 455 g/mol. The molecule has 0 amide bonds. The van der Waals surface area contributed by atoms with Crippen LogP contribution in [0.1, 0.15) is 42.1 Å². The number of hydrogen-bond donors (Lipinski definition) is 1. The maximum Gasteiger partial charge on any atom is 0.419 e. The number of H-pyrrole nitrogens is 1. The van der Waals surface area contributed by atoms with Crippen LogP contribution in [-0.4, -0.2) is 44.0 Å². The summed E-state index contributed by atoms with van der Waals surface area (Å²) in [5.41, 5.74) is 1.79. The summed E-state index contributed by atoms with van der Waals surface area (Å²) in [5, 5.41) is 15.9. The fourth-order valence-corrected chi connectivity index (χ4v) is 4.57. The first-order chi connectivity index (χ1) is 15.7. The molecule has 7 nitrogen and oxygen atoms in total. The molecule has 1 aliphatic carbocycles. The molecule has 10 heteroatoms. The van der Waals surface area contributed by atoms with Gasteiger partial charge < -0.3 is 9.47 Å². The van der Waals surface area contributed by atoms with Gasteiger partial charge in [-0.25, -0.2) is 4.98 Å². The zero-order valence-electron chi connectivity index (χ0n) is 18.6. The van der Waals surface area contributed by atoms with Crippen LogP contribution in [-0.2, 0) is 13.2 Å². The molecule has 1 aliphatic rings. The lowest BCUT2D eigenvalue weighted by Gasteiger charge is -2.33. The van der Waals surface area contributed by atoms with Gasteiger partial charge in [-0.1, -0.05) is 24.6 Å². The second-order valence-corrected chi connectivity index (χ2v) is 8.82. The van der Waals surface area contributed by atoms with Crippen molar-refractivity contribution in [3.8, 4) is 11.3 Å². The van der Waals surface area contributed by atoms with Crippen molar-refractivity contribution < 1.29 is 13.2 Å². The molecule has 1 N–H and O–H groups in total. The van der Waals surface area contributed by atoms with Gasteiger partial charge in [-0.3, -0.25) is 5.10 Å². The molecule has 5 rings (SSSR count). The molecule has 1 atom stereocenters. The number of benzene rings is 1. The number of nitrogens with one attached hydrogen (secondary N) is 1. The van der Waals surface area contributed by atoms with Gasteiger partial charge in [-0.05, 0) is 36.5 Å². The normalized spacial score (nSPS) is 15.6. The first kappa shape index (κ1) is 21.4. The quantitative estimate of drug-likeness (QED) is 0.469. The summed E-state index contributed by atoms with van der Waals surface area (Å²) < 4.78 is 43.2. The van der Waals surface area contributed by atoms with E-state index < -0.39 is 11.7 Å². The standard InChI is InChI=1S/C23H24F3N7/c1-32(2)21-17(23(24,25)26)11-16-19(29-30-20(16)28-21)15-9-5-8-14(10-15)18(13-6-4-7-13)22-31-27-12-33(22)3/h5,8-13,18H,4,6-7H2,1-3H3,(H,28,29,30)/t18-/m1/s1. The van der Waals surface area contributed by atoms with Crippen molar-refractivity contribution in [3.63, 3.8) is 0 Å². The minimum atomic E-state index is -4.53. The summed E-state index contributed by atoms with van der Waals surface area (Å²) in [6.07, 6.45) is 0.573. The zero-order valence-corrected chi connectivity index (χ0v) is 18.6. The number of fused-ring (bicyclic) bond motifs is 1. The van der Waals surface area contributed by atoms with E-state index in [0.717, 1.165) is 35.9 Å². The third-order valence-electron chi connectivity index (χ3n) is 6.43. The SMILES string of the molecule is CN(C)c1nc2n[nH]c(-c3cccc([C@H](c4nncn4C)C4CCC4)c3)c2cc1C(F)(F)F. The van der Waals surface area contributed by atoms with Gasteiger partial charge in [0.15, 0.2) is 5.65 Å². The highest BCUT2D eigenvalue weighted by molar-refractivity contribution is 5.92. The predicted octanol–water partition coefficient (Wildman–Crippen LogP) is 4.77. The lowest BCUT2D eigenvalue weighted by atomic mass is 9.72. The smallest absolute Gasteiger partial charge is 0.362 e. The van der Waals surface area contributed by atoms with Gasteiger partial charge in [0.2, 0.25) is 0 Å². The van der Waals surface area contributed by atoms with E-state index >= 15 is 0 Å². The van der Waals surface area contributed by atoms with Crippen molar-refractivity contribution in [1.82, 2.24) is 29.9 Å². The molecule has 0 saturated heterocycles. The molecule has 1 fully saturated rings. The van der Waals surface area contributed by atoms with E-state index in [-0.39, 0.29) is 17.4 Å². The van der Waals surface area contributed by atoms with Crippen LogP contribution in [0.25, 0.3) is 22.3 Å². The largest absolute Gasteiger partial charge is 0.419 e. The van der Waals surface area contributed by atoms with E-state index in [9.17, 15) is 13.2 Å². The number of anilines is 1. The molecule has 1 saturated carbocycles. The topological polar surface area (TPSA) is 75.5 Å². The molecule has 172 valence electrons. The number of hydrogen-bond acceptors (Lipinski definition) is 5. The summed E-state index contributed by atoms with van der Waals surface area (Å²) in [6, 6.07) is 8.99. The predicted molar refractivity (Wildman–Crippen MR) is 119 cm³/mol.